The molecule has 2 aromatic carbocycles. The summed E-state index contributed by atoms with van der Waals surface area (Å²) < 4.78 is 11.1. The zero-order valence-corrected chi connectivity index (χ0v) is 15.0. The molecule has 0 unspecified atom stereocenters. The molecular formula is C20H25NO3. The molecule has 128 valence electrons. The predicted molar refractivity (Wildman–Crippen MR) is 95.7 cm³/mol. The van der Waals surface area contributed by atoms with Gasteiger partial charge in [-0.3, -0.25) is 4.79 Å². The fourth-order valence-corrected chi connectivity index (χ4v) is 2.49. The minimum absolute atomic E-state index is 0.0455. The number of ether oxygens (including phenoxy) is 2. The highest BCUT2D eigenvalue weighted by Crippen LogP contribution is 2.29. The molecule has 0 saturated heterocycles. The molecule has 2 aromatic rings. The van der Waals surface area contributed by atoms with Gasteiger partial charge in [0.1, 0.15) is 0 Å². The third-order valence-electron chi connectivity index (χ3n) is 3.79. The van der Waals surface area contributed by atoms with E-state index in [-0.39, 0.29) is 12.0 Å². The first kappa shape index (κ1) is 17.9. The van der Waals surface area contributed by atoms with Crippen molar-refractivity contribution in [3.63, 3.8) is 0 Å². The average molecular weight is 327 g/mol. The van der Waals surface area contributed by atoms with Crippen molar-refractivity contribution in [2.45, 2.75) is 33.4 Å². The number of benzene rings is 2. The molecule has 24 heavy (non-hydrogen) atoms. The Hall–Kier alpha value is -2.49. The largest absolute Gasteiger partial charge is 0.493 e. The molecule has 0 atom stereocenters. The smallest absolute Gasteiger partial charge is 0.254 e. The molecular weight excluding hydrogens is 302 g/mol. The van der Waals surface area contributed by atoms with Crippen LogP contribution in [0.1, 0.15) is 35.3 Å². The third kappa shape index (κ3) is 4.28. The highest BCUT2D eigenvalue weighted by molar-refractivity contribution is 5.94. The fraction of sp³-hybridized carbons (Fsp3) is 0.350. The van der Waals surface area contributed by atoms with E-state index in [1.807, 2.05) is 32.0 Å². The first-order chi connectivity index (χ1) is 11.4. The van der Waals surface area contributed by atoms with E-state index in [0.29, 0.717) is 23.6 Å². The monoisotopic (exact) mass is 327 g/mol. The van der Waals surface area contributed by atoms with Gasteiger partial charge in [0.2, 0.25) is 0 Å². The lowest BCUT2D eigenvalue weighted by molar-refractivity contribution is 0.0784. The number of hydrogen-bond acceptors (Lipinski definition) is 3. The molecule has 0 N–H and O–H groups in total. The predicted octanol–water partition coefficient (Wildman–Crippen LogP) is 4.06. The van der Waals surface area contributed by atoms with E-state index >= 15 is 0 Å². The Kier molecular flexibility index (Phi) is 5.85. The number of nitrogens with zero attached hydrogens (tertiary/aromatic N) is 1. The molecule has 0 saturated carbocycles. The topological polar surface area (TPSA) is 38.8 Å². The van der Waals surface area contributed by atoms with Crippen molar-refractivity contribution in [1.82, 2.24) is 4.90 Å². The van der Waals surface area contributed by atoms with E-state index in [1.54, 1.807) is 37.3 Å². The molecule has 0 bridgehead atoms. The van der Waals surface area contributed by atoms with Crippen LogP contribution in [0.15, 0.2) is 42.5 Å². The first-order valence-electron chi connectivity index (χ1n) is 8.07. The van der Waals surface area contributed by atoms with Crippen LogP contribution in [0, 0.1) is 6.92 Å². The summed E-state index contributed by atoms with van der Waals surface area (Å²) in [6.07, 6.45) is 0.0455. The van der Waals surface area contributed by atoms with Crippen LogP contribution in [0.2, 0.25) is 0 Å². The summed E-state index contributed by atoms with van der Waals surface area (Å²) in [6, 6.07) is 13.4. The lowest BCUT2D eigenvalue weighted by atomic mass is 10.1. The number of methoxy groups -OCH3 is 1. The van der Waals surface area contributed by atoms with Gasteiger partial charge in [-0.25, -0.2) is 0 Å². The number of amides is 1. The van der Waals surface area contributed by atoms with Crippen LogP contribution in [-0.4, -0.2) is 31.1 Å². The van der Waals surface area contributed by atoms with E-state index < -0.39 is 0 Å². The van der Waals surface area contributed by atoms with Gasteiger partial charge in [-0.05, 0) is 50.1 Å². The van der Waals surface area contributed by atoms with Gasteiger partial charge in [-0.2, -0.15) is 0 Å². The molecule has 0 aliphatic rings. The molecule has 0 heterocycles. The molecule has 4 heteroatoms. The van der Waals surface area contributed by atoms with Crippen molar-refractivity contribution in [2.24, 2.45) is 0 Å². The van der Waals surface area contributed by atoms with Gasteiger partial charge < -0.3 is 14.4 Å². The SMILES string of the molecule is COc1cc(C(=O)N(C)Cc2ccccc2C)ccc1OC(C)C. The molecule has 1 amide bonds. The van der Waals surface area contributed by atoms with Gasteiger partial charge in [0.05, 0.1) is 13.2 Å². The summed E-state index contributed by atoms with van der Waals surface area (Å²) in [6.45, 7) is 6.52. The second-order valence-corrected chi connectivity index (χ2v) is 6.12. The third-order valence-corrected chi connectivity index (χ3v) is 3.79. The van der Waals surface area contributed by atoms with E-state index in [9.17, 15) is 4.79 Å². The maximum Gasteiger partial charge on any atom is 0.254 e. The van der Waals surface area contributed by atoms with E-state index in [1.165, 1.54) is 5.56 Å². The van der Waals surface area contributed by atoms with Crippen LogP contribution in [0.4, 0.5) is 0 Å². The minimum atomic E-state index is -0.0485. The summed E-state index contributed by atoms with van der Waals surface area (Å²) in [7, 11) is 3.38. The maximum absolute atomic E-state index is 12.7. The molecule has 0 radical (unpaired) electrons. The highest BCUT2D eigenvalue weighted by atomic mass is 16.5. The van der Waals surface area contributed by atoms with Crippen molar-refractivity contribution in [3.05, 3.63) is 59.2 Å². The summed E-state index contributed by atoms with van der Waals surface area (Å²) in [5, 5.41) is 0. The van der Waals surface area contributed by atoms with Crippen LogP contribution in [0.5, 0.6) is 11.5 Å². The molecule has 4 nitrogen and oxygen atoms in total. The Morgan fingerprint density at radius 2 is 1.83 bits per heavy atom. The van der Waals surface area contributed by atoms with E-state index in [0.717, 1.165) is 5.56 Å². The van der Waals surface area contributed by atoms with Crippen LogP contribution in [0.25, 0.3) is 0 Å². The number of hydrogen-bond donors (Lipinski definition) is 0. The van der Waals surface area contributed by atoms with Gasteiger partial charge in [0, 0.05) is 19.2 Å². The van der Waals surface area contributed by atoms with Gasteiger partial charge in [-0.1, -0.05) is 24.3 Å². The van der Waals surface area contributed by atoms with E-state index in [4.69, 9.17) is 9.47 Å². The standard InChI is InChI=1S/C20H25NO3/c1-14(2)24-18-11-10-16(12-19(18)23-5)20(22)21(4)13-17-9-7-6-8-15(17)3/h6-12,14H,13H2,1-5H3. The normalized spacial score (nSPS) is 10.6. The average Bonchev–Trinajstić information content (AvgIpc) is 2.56. The number of aryl methyl sites for hydroxylation is 1. The van der Waals surface area contributed by atoms with Gasteiger partial charge in [0.25, 0.3) is 5.91 Å². The van der Waals surface area contributed by atoms with Crippen molar-refractivity contribution in [1.29, 1.82) is 0 Å². The van der Waals surface area contributed by atoms with Crippen molar-refractivity contribution in [3.8, 4) is 11.5 Å². The van der Waals surface area contributed by atoms with Crippen molar-refractivity contribution < 1.29 is 14.3 Å². The Morgan fingerprint density at radius 3 is 2.46 bits per heavy atom. The molecule has 0 aromatic heterocycles. The minimum Gasteiger partial charge on any atom is -0.493 e. The Morgan fingerprint density at radius 1 is 1.12 bits per heavy atom. The zero-order valence-electron chi connectivity index (χ0n) is 15.0. The number of rotatable bonds is 6. The fourth-order valence-electron chi connectivity index (χ4n) is 2.49. The Bertz CT molecular complexity index is 710. The number of carbonyl (C=O) groups excluding carboxylic acids is 1. The molecule has 0 fully saturated rings. The second kappa shape index (κ2) is 7.86. The lowest BCUT2D eigenvalue weighted by Crippen LogP contribution is -2.26. The van der Waals surface area contributed by atoms with Gasteiger partial charge >= 0.3 is 0 Å². The first-order valence-corrected chi connectivity index (χ1v) is 8.07. The van der Waals surface area contributed by atoms with Gasteiger partial charge in [0.15, 0.2) is 11.5 Å². The summed E-state index contributed by atoms with van der Waals surface area (Å²) in [4.78, 5) is 14.4. The van der Waals surface area contributed by atoms with Crippen molar-refractivity contribution in [2.75, 3.05) is 14.2 Å². The molecule has 0 spiro atoms. The van der Waals surface area contributed by atoms with Crippen LogP contribution >= 0.6 is 0 Å². The Labute approximate surface area is 144 Å². The maximum atomic E-state index is 12.7. The summed E-state index contributed by atoms with van der Waals surface area (Å²) >= 11 is 0. The molecule has 0 aliphatic carbocycles. The van der Waals surface area contributed by atoms with Crippen molar-refractivity contribution >= 4 is 5.91 Å². The zero-order chi connectivity index (χ0) is 17.7. The number of carbonyl (C=O) groups is 1. The van der Waals surface area contributed by atoms with E-state index in [2.05, 4.69) is 13.0 Å². The Balaban J connectivity index is 2.18. The second-order valence-electron chi connectivity index (χ2n) is 6.12. The highest BCUT2D eigenvalue weighted by Gasteiger charge is 2.16. The van der Waals surface area contributed by atoms with Crippen LogP contribution < -0.4 is 9.47 Å². The summed E-state index contributed by atoms with van der Waals surface area (Å²) in [5.41, 5.74) is 2.90. The summed E-state index contributed by atoms with van der Waals surface area (Å²) in [5.74, 6) is 1.16. The lowest BCUT2D eigenvalue weighted by Gasteiger charge is -2.20. The van der Waals surface area contributed by atoms with Crippen LogP contribution in [-0.2, 0) is 6.54 Å². The van der Waals surface area contributed by atoms with Gasteiger partial charge in [-0.15, -0.1) is 0 Å². The van der Waals surface area contributed by atoms with Crippen LogP contribution in [0.3, 0.4) is 0 Å². The molecule has 2 rings (SSSR count). The molecule has 0 aliphatic heterocycles. The quantitative estimate of drug-likeness (QED) is 0.803.